The Morgan fingerprint density at radius 3 is 2.48 bits per heavy atom. The molecule has 144 valence electrons. The number of benzene rings is 2. The fourth-order valence-electron chi connectivity index (χ4n) is 3.34. The van der Waals surface area contributed by atoms with E-state index < -0.39 is 5.82 Å². The van der Waals surface area contributed by atoms with Crippen LogP contribution in [0.4, 0.5) is 4.39 Å². The Balaban J connectivity index is 1.64. The third-order valence-electron chi connectivity index (χ3n) is 4.83. The Morgan fingerprint density at radius 1 is 1.00 bits per heavy atom. The fourth-order valence-corrected chi connectivity index (χ4v) is 3.34. The molecule has 0 atom stereocenters. The summed E-state index contributed by atoms with van der Waals surface area (Å²) >= 11 is 0. The van der Waals surface area contributed by atoms with Crippen LogP contribution in [-0.4, -0.2) is 56.1 Å². The third kappa shape index (κ3) is 4.77. The number of hydrogen-bond donors (Lipinski definition) is 0. The Kier molecular flexibility index (Phi) is 6.29. The van der Waals surface area contributed by atoms with Crippen molar-refractivity contribution < 1.29 is 18.7 Å². The Morgan fingerprint density at radius 2 is 1.78 bits per heavy atom. The van der Waals surface area contributed by atoms with Crippen LogP contribution in [0.5, 0.6) is 11.5 Å². The van der Waals surface area contributed by atoms with Gasteiger partial charge in [-0.25, -0.2) is 4.39 Å². The van der Waals surface area contributed by atoms with Crippen molar-refractivity contribution in [3.63, 3.8) is 0 Å². The molecule has 0 unspecified atom stereocenters. The molecule has 0 spiro atoms. The molecule has 0 N–H and O–H groups in total. The highest BCUT2D eigenvalue weighted by Gasteiger charge is 2.23. The van der Waals surface area contributed by atoms with Crippen molar-refractivity contribution in [3.05, 3.63) is 59.4 Å². The van der Waals surface area contributed by atoms with Gasteiger partial charge in [0.25, 0.3) is 5.91 Å². The predicted octanol–water partition coefficient (Wildman–Crippen LogP) is 3.19. The molecule has 0 radical (unpaired) electrons. The molecule has 1 aliphatic rings. The van der Waals surface area contributed by atoms with Gasteiger partial charge in [-0.15, -0.1) is 0 Å². The summed E-state index contributed by atoms with van der Waals surface area (Å²) < 4.78 is 24.0. The van der Waals surface area contributed by atoms with Gasteiger partial charge in [-0.3, -0.25) is 9.69 Å². The minimum Gasteiger partial charge on any atom is -0.497 e. The van der Waals surface area contributed by atoms with E-state index in [1.165, 1.54) is 30.9 Å². The molecule has 1 amide bonds. The molecule has 3 rings (SSSR count). The van der Waals surface area contributed by atoms with E-state index in [9.17, 15) is 9.18 Å². The lowest BCUT2D eigenvalue weighted by molar-refractivity contribution is 0.0757. The maximum absolute atomic E-state index is 13.6. The van der Waals surface area contributed by atoms with E-state index in [4.69, 9.17) is 9.47 Å². The van der Waals surface area contributed by atoms with Gasteiger partial charge in [0.15, 0.2) is 0 Å². The molecule has 2 aromatic rings. The third-order valence-corrected chi connectivity index (χ3v) is 4.83. The Bertz CT molecular complexity index is 779. The summed E-state index contributed by atoms with van der Waals surface area (Å²) in [6.07, 6.45) is 0.875. The van der Waals surface area contributed by atoms with Crippen molar-refractivity contribution in [2.75, 3.05) is 40.4 Å². The predicted molar refractivity (Wildman–Crippen MR) is 102 cm³/mol. The van der Waals surface area contributed by atoms with Crippen LogP contribution in [-0.2, 0) is 6.54 Å². The minimum absolute atomic E-state index is 0.183. The number of ether oxygens (including phenoxy) is 2. The highest BCUT2D eigenvalue weighted by atomic mass is 19.1. The van der Waals surface area contributed by atoms with Crippen LogP contribution in [0.25, 0.3) is 0 Å². The summed E-state index contributed by atoms with van der Waals surface area (Å²) in [4.78, 5) is 17.0. The topological polar surface area (TPSA) is 42.0 Å². The largest absolute Gasteiger partial charge is 0.497 e. The number of carbonyl (C=O) groups excluding carboxylic acids is 1. The summed E-state index contributed by atoms with van der Waals surface area (Å²) in [6.45, 7) is 3.77. The number of methoxy groups -OCH3 is 2. The molecule has 1 fully saturated rings. The molecule has 1 saturated heterocycles. The molecule has 27 heavy (non-hydrogen) atoms. The Labute approximate surface area is 159 Å². The second-order valence-corrected chi connectivity index (χ2v) is 6.61. The van der Waals surface area contributed by atoms with Gasteiger partial charge in [-0.1, -0.05) is 12.1 Å². The van der Waals surface area contributed by atoms with Gasteiger partial charge in [0.05, 0.1) is 19.8 Å². The van der Waals surface area contributed by atoms with Gasteiger partial charge >= 0.3 is 0 Å². The second kappa shape index (κ2) is 8.86. The number of amides is 1. The number of hydrogen-bond acceptors (Lipinski definition) is 4. The van der Waals surface area contributed by atoms with Crippen LogP contribution in [0.15, 0.2) is 42.5 Å². The standard InChI is InChI=1S/C21H25FN2O3/c1-26-18-7-4-16(5-8-18)15-23-10-3-11-24(13-12-23)21(25)19-14-17(22)6-9-20(19)27-2/h4-9,14H,3,10-13,15H2,1-2H3. The van der Waals surface area contributed by atoms with Gasteiger partial charge in [0.2, 0.25) is 0 Å². The highest BCUT2D eigenvalue weighted by Crippen LogP contribution is 2.22. The first-order valence-electron chi connectivity index (χ1n) is 9.09. The van der Waals surface area contributed by atoms with Crippen molar-refractivity contribution >= 4 is 5.91 Å². The molecule has 1 heterocycles. The number of halogens is 1. The average molecular weight is 372 g/mol. The first kappa shape index (κ1) is 19.2. The molecular formula is C21H25FN2O3. The van der Waals surface area contributed by atoms with Gasteiger partial charge in [-0.2, -0.15) is 0 Å². The second-order valence-electron chi connectivity index (χ2n) is 6.61. The zero-order valence-electron chi connectivity index (χ0n) is 15.8. The molecule has 0 bridgehead atoms. The van der Waals surface area contributed by atoms with Crippen LogP contribution in [0.2, 0.25) is 0 Å². The quantitative estimate of drug-likeness (QED) is 0.808. The maximum atomic E-state index is 13.6. The summed E-state index contributed by atoms with van der Waals surface area (Å²) in [5.41, 5.74) is 1.49. The van der Waals surface area contributed by atoms with Crippen molar-refractivity contribution in [1.82, 2.24) is 9.80 Å². The average Bonchev–Trinajstić information content (AvgIpc) is 2.93. The van der Waals surface area contributed by atoms with E-state index in [1.807, 2.05) is 12.1 Å². The SMILES string of the molecule is COc1ccc(CN2CCCN(C(=O)c3cc(F)ccc3OC)CC2)cc1. The number of rotatable bonds is 5. The lowest BCUT2D eigenvalue weighted by Gasteiger charge is -2.23. The van der Waals surface area contributed by atoms with Crippen molar-refractivity contribution in [2.24, 2.45) is 0 Å². The first-order valence-corrected chi connectivity index (χ1v) is 9.09. The zero-order valence-corrected chi connectivity index (χ0v) is 15.8. The fraction of sp³-hybridized carbons (Fsp3) is 0.381. The van der Waals surface area contributed by atoms with Crippen LogP contribution in [0, 0.1) is 5.82 Å². The van der Waals surface area contributed by atoms with E-state index in [2.05, 4.69) is 17.0 Å². The van der Waals surface area contributed by atoms with Crippen LogP contribution in [0.1, 0.15) is 22.3 Å². The van der Waals surface area contributed by atoms with Gasteiger partial charge < -0.3 is 14.4 Å². The first-order chi connectivity index (χ1) is 13.1. The summed E-state index contributed by atoms with van der Waals surface area (Å²) in [5, 5.41) is 0. The van der Waals surface area contributed by atoms with E-state index in [0.29, 0.717) is 18.8 Å². The minimum atomic E-state index is -0.435. The molecule has 0 aliphatic carbocycles. The number of nitrogens with zero attached hydrogens (tertiary/aromatic N) is 2. The molecule has 0 aromatic heterocycles. The van der Waals surface area contributed by atoms with Gasteiger partial charge in [-0.05, 0) is 42.3 Å². The van der Waals surface area contributed by atoms with E-state index >= 15 is 0 Å². The van der Waals surface area contributed by atoms with Crippen LogP contribution >= 0.6 is 0 Å². The highest BCUT2D eigenvalue weighted by molar-refractivity contribution is 5.97. The monoisotopic (exact) mass is 372 g/mol. The van der Waals surface area contributed by atoms with E-state index in [1.54, 1.807) is 12.0 Å². The normalized spacial score (nSPS) is 15.3. The molecule has 5 nitrogen and oxygen atoms in total. The van der Waals surface area contributed by atoms with E-state index in [-0.39, 0.29) is 11.5 Å². The summed E-state index contributed by atoms with van der Waals surface area (Å²) in [5.74, 6) is 0.629. The maximum Gasteiger partial charge on any atom is 0.257 e. The summed E-state index contributed by atoms with van der Waals surface area (Å²) in [6, 6.07) is 12.1. The lowest BCUT2D eigenvalue weighted by Crippen LogP contribution is -2.35. The Hall–Kier alpha value is -2.60. The van der Waals surface area contributed by atoms with Crippen molar-refractivity contribution in [1.29, 1.82) is 0 Å². The van der Waals surface area contributed by atoms with Gasteiger partial charge in [0, 0.05) is 32.7 Å². The zero-order chi connectivity index (χ0) is 19.2. The lowest BCUT2D eigenvalue weighted by atomic mass is 10.1. The molecule has 6 heteroatoms. The van der Waals surface area contributed by atoms with Crippen LogP contribution < -0.4 is 9.47 Å². The molecule has 2 aromatic carbocycles. The smallest absolute Gasteiger partial charge is 0.257 e. The van der Waals surface area contributed by atoms with Crippen molar-refractivity contribution in [3.8, 4) is 11.5 Å². The molecule has 1 aliphatic heterocycles. The van der Waals surface area contributed by atoms with Gasteiger partial charge in [0.1, 0.15) is 17.3 Å². The van der Waals surface area contributed by atoms with E-state index in [0.717, 1.165) is 31.8 Å². The van der Waals surface area contributed by atoms with Crippen molar-refractivity contribution in [2.45, 2.75) is 13.0 Å². The number of carbonyl (C=O) groups is 1. The van der Waals surface area contributed by atoms with Crippen LogP contribution in [0.3, 0.4) is 0 Å². The molecular weight excluding hydrogens is 347 g/mol. The summed E-state index contributed by atoms with van der Waals surface area (Å²) in [7, 11) is 3.14. The molecule has 0 saturated carbocycles.